The number of fused-ring (bicyclic) bond motifs is 1. The SMILES string of the molecule is Cc1nn(CSSC(C)c2cnn(-c3ccccc3)c2)c2ccc(C(C)C)cc12. The van der Waals surface area contributed by atoms with E-state index < -0.39 is 0 Å². The van der Waals surface area contributed by atoms with Crippen LogP contribution in [0.1, 0.15) is 48.8 Å². The lowest BCUT2D eigenvalue weighted by atomic mass is 10.0. The van der Waals surface area contributed by atoms with Crippen molar-refractivity contribution in [2.24, 2.45) is 0 Å². The number of hydrogen-bond acceptors (Lipinski definition) is 4. The number of rotatable bonds is 7. The van der Waals surface area contributed by atoms with E-state index in [1.54, 1.807) is 0 Å². The van der Waals surface area contributed by atoms with Crippen LogP contribution in [0.15, 0.2) is 60.9 Å². The van der Waals surface area contributed by atoms with Gasteiger partial charge >= 0.3 is 0 Å². The first-order chi connectivity index (χ1) is 14.0. The normalized spacial score (nSPS) is 12.7. The highest BCUT2D eigenvalue weighted by atomic mass is 33.1. The number of para-hydroxylation sites is 1. The molecule has 2 aromatic heterocycles. The molecule has 0 amide bonds. The smallest absolute Gasteiger partial charge is 0.0973 e. The Balaban J connectivity index is 1.41. The quantitative estimate of drug-likeness (QED) is 0.308. The lowest BCUT2D eigenvalue weighted by Gasteiger charge is -2.09. The Hall–Kier alpha value is -2.18. The van der Waals surface area contributed by atoms with Crippen molar-refractivity contribution < 1.29 is 0 Å². The molecule has 0 aliphatic rings. The van der Waals surface area contributed by atoms with Crippen molar-refractivity contribution in [2.45, 2.75) is 44.7 Å². The van der Waals surface area contributed by atoms with Gasteiger partial charge in [-0.05, 0) is 49.6 Å². The van der Waals surface area contributed by atoms with Gasteiger partial charge in [0.25, 0.3) is 0 Å². The van der Waals surface area contributed by atoms with Gasteiger partial charge < -0.3 is 0 Å². The fraction of sp³-hybridized carbons (Fsp3) is 0.304. The van der Waals surface area contributed by atoms with Crippen LogP contribution >= 0.6 is 21.6 Å². The van der Waals surface area contributed by atoms with E-state index >= 15 is 0 Å². The van der Waals surface area contributed by atoms with Gasteiger partial charge in [0.2, 0.25) is 0 Å². The maximum Gasteiger partial charge on any atom is 0.0973 e. The second-order valence-electron chi connectivity index (χ2n) is 7.56. The molecule has 1 unspecified atom stereocenters. The van der Waals surface area contributed by atoms with Crippen molar-refractivity contribution >= 4 is 32.5 Å². The van der Waals surface area contributed by atoms with Crippen LogP contribution in [-0.2, 0) is 5.88 Å². The summed E-state index contributed by atoms with van der Waals surface area (Å²) in [6, 6.07) is 17.0. The molecule has 0 N–H and O–H groups in total. The van der Waals surface area contributed by atoms with Gasteiger partial charge in [-0.3, -0.25) is 4.68 Å². The van der Waals surface area contributed by atoms with Crippen molar-refractivity contribution in [1.82, 2.24) is 19.6 Å². The topological polar surface area (TPSA) is 35.6 Å². The molecule has 4 rings (SSSR count). The molecule has 0 saturated heterocycles. The molecule has 0 saturated carbocycles. The monoisotopic (exact) mass is 422 g/mol. The minimum atomic E-state index is 0.355. The molecule has 0 fully saturated rings. The van der Waals surface area contributed by atoms with E-state index in [0.717, 1.165) is 17.3 Å². The average Bonchev–Trinajstić information content (AvgIpc) is 3.34. The van der Waals surface area contributed by atoms with Crippen molar-refractivity contribution in [3.8, 4) is 5.69 Å². The zero-order valence-corrected chi connectivity index (χ0v) is 18.9. The van der Waals surface area contributed by atoms with E-state index in [1.165, 1.54) is 22.0 Å². The minimum absolute atomic E-state index is 0.355. The van der Waals surface area contributed by atoms with Crippen LogP contribution in [0.3, 0.4) is 0 Å². The summed E-state index contributed by atoms with van der Waals surface area (Å²) in [5, 5.41) is 10.9. The van der Waals surface area contributed by atoms with Gasteiger partial charge in [-0.25, -0.2) is 4.68 Å². The van der Waals surface area contributed by atoms with E-state index in [2.05, 4.69) is 74.0 Å². The van der Waals surface area contributed by atoms with Crippen LogP contribution < -0.4 is 0 Å². The number of benzene rings is 2. The van der Waals surface area contributed by atoms with E-state index in [-0.39, 0.29) is 0 Å². The summed E-state index contributed by atoms with van der Waals surface area (Å²) in [4.78, 5) is 0. The van der Waals surface area contributed by atoms with Gasteiger partial charge in [0.1, 0.15) is 0 Å². The first kappa shape index (κ1) is 20.1. The van der Waals surface area contributed by atoms with Crippen LogP contribution in [0.2, 0.25) is 0 Å². The Morgan fingerprint density at radius 1 is 1.00 bits per heavy atom. The molecular formula is C23H26N4S2. The van der Waals surface area contributed by atoms with Crippen molar-refractivity contribution in [2.75, 3.05) is 0 Å². The molecule has 29 heavy (non-hydrogen) atoms. The molecule has 2 aromatic carbocycles. The molecule has 0 spiro atoms. The molecule has 0 aliphatic heterocycles. The third kappa shape index (κ3) is 4.38. The van der Waals surface area contributed by atoms with E-state index in [0.29, 0.717) is 11.2 Å². The van der Waals surface area contributed by atoms with Crippen LogP contribution in [0.25, 0.3) is 16.6 Å². The highest BCUT2D eigenvalue weighted by Gasteiger charge is 2.13. The molecule has 4 nitrogen and oxygen atoms in total. The Morgan fingerprint density at radius 3 is 2.55 bits per heavy atom. The highest BCUT2D eigenvalue weighted by molar-refractivity contribution is 8.76. The molecule has 2 heterocycles. The number of aryl methyl sites for hydroxylation is 1. The van der Waals surface area contributed by atoms with Crippen LogP contribution in [0, 0.1) is 6.92 Å². The molecule has 0 aliphatic carbocycles. The summed E-state index contributed by atoms with van der Waals surface area (Å²) in [5.41, 5.74) is 6.00. The lowest BCUT2D eigenvalue weighted by molar-refractivity contribution is 0.769. The zero-order valence-electron chi connectivity index (χ0n) is 17.2. The molecular weight excluding hydrogens is 396 g/mol. The first-order valence-corrected chi connectivity index (χ1v) is 12.3. The van der Waals surface area contributed by atoms with E-state index in [4.69, 9.17) is 5.10 Å². The van der Waals surface area contributed by atoms with Gasteiger partial charge in [0.05, 0.1) is 29.0 Å². The fourth-order valence-corrected chi connectivity index (χ4v) is 5.54. The molecule has 150 valence electrons. The van der Waals surface area contributed by atoms with Crippen LogP contribution in [0.4, 0.5) is 0 Å². The maximum absolute atomic E-state index is 4.77. The lowest BCUT2D eigenvalue weighted by Crippen LogP contribution is -1.96. The van der Waals surface area contributed by atoms with Gasteiger partial charge in [-0.15, -0.1) is 0 Å². The largest absolute Gasteiger partial charge is 0.254 e. The summed E-state index contributed by atoms with van der Waals surface area (Å²) in [7, 11) is 3.69. The van der Waals surface area contributed by atoms with Crippen molar-refractivity contribution in [3.05, 3.63) is 77.7 Å². The number of hydrogen-bond donors (Lipinski definition) is 0. The van der Waals surface area contributed by atoms with Gasteiger partial charge in [0, 0.05) is 22.4 Å². The average molecular weight is 423 g/mol. The van der Waals surface area contributed by atoms with Crippen molar-refractivity contribution in [3.63, 3.8) is 0 Å². The molecule has 0 radical (unpaired) electrons. The molecule has 1 atom stereocenters. The summed E-state index contributed by atoms with van der Waals surface area (Å²) in [6.07, 6.45) is 4.08. The predicted octanol–water partition coefficient (Wildman–Crippen LogP) is 6.75. The maximum atomic E-state index is 4.77. The number of aromatic nitrogens is 4. The van der Waals surface area contributed by atoms with Crippen LogP contribution in [0.5, 0.6) is 0 Å². The third-order valence-electron chi connectivity index (χ3n) is 5.11. The van der Waals surface area contributed by atoms with Crippen molar-refractivity contribution in [1.29, 1.82) is 0 Å². The predicted molar refractivity (Wildman–Crippen MR) is 126 cm³/mol. The minimum Gasteiger partial charge on any atom is -0.254 e. The molecule has 6 heteroatoms. The molecule has 4 aromatic rings. The highest BCUT2D eigenvalue weighted by Crippen LogP contribution is 2.39. The standard InChI is InChI=1S/C23H26N4S2/c1-16(2)19-10-11-23-22(12-19)17(3)25-27(23)15-28-29-18(4)20-13-24-26(14-20)21-8-6-5-7-9-21/h5-14,16,18H,15H2,1-4H3. The Kier molecular flexibility index (Phi) is 6.01. The second kappa shape index (κ2) is 8.67. The van der Waals surface area contributed by atoms with Gasteiger partial charge in [-0.1, -0.05) is 59.7 Å². The fourth-order valence-electron chi connectivity index (χ4n) is 3.32. The number of nitrogens with zero attached hydrogens (tertiary/aromatic N) is 4. The van der Waals surface area contributed by atoms with E-state index in [1.807, 2.05) is 50.7 Å². The summed E-state index contributed by atoms with van der Waals surface area (Å²) < 4.78 is 4.06. The summed E-state index contributed by atoms with van der Waals surface area (Å²) >= 11 is 0. The Morgan fingerprint density at radius 2 is 1.79 bits per heavy atom. The van der Waals surface area contributed by atoms with Crippen LogP contribution in [-0.4, -0.2) is 19.6 Å². The van der Waals surface area contributed by atoms with Gasteiger partial charge in [-0.2, -0.15) is 10.2 Å². The summed E-state index contributed by atoms with van der Waals surface area (Å²) in [5.74, 6) is 1.36. The van der Waals surface area contributed by atoms with Gasteiger partial charge in [0.15, 0.2) is 0 Å². The third-order valence-corrected chi connectivity index (χ3v) is 7.74. The first-order valence-electron chi connectivity index (χ1n) is 9.88. The molecule has 0 bridgehead atoms. The second-order valence-corrected chi connectivity index (χ2v) is 10.2. The summed E-state index contributed by atoms with van der Waals surface area (Å²) in [6.45, 7) is 8.79. The Bertz CT molecular complexity index is 1100. The zero-order chi connectivity index (χ0) is 20.4. The van der Waals surface area contributed by atoms with E-state index in [9.17, 15) is 0 Å². The Labute approximate surface area is 180 Å².